The van der Waals surface area contributed by atoms with E-state index < -0.39 is 0 Å². The molecule has 0 aromatic heterocycles. The quantitative estimate of drug-likeness (QED) is 0.394. The molecule has 0 fully saturated rings. The zero-order valence-corrected chi connectivity index (χ0v) is 16.0. The summed E-state index contributed by atoms with van der Waals surface area (Å²) in [6.07, 6.45) is 1.75. The fourth-order valence-corrected chi connectivity index (χ4v) is 2.06. The highest BCUT2D eigenvalue weighted by atomic mass is 16.5. The van der Waals surface area contributed by atoms with E-state index in [1.807, 2.05) is 32.0 Å². The molecule has 0 radical (unpaired) electrons. The van der Waals surface area contributed by atoms with Gasteiger partial charge in [-0.05, 0) is 32.0 Å². The molecule has 0 amide bonds. The fourth-order valence-electron chi connectivity index (χ4n) is 2.06. The summed E-state index contributed by atoms with van der Waals surface area (Å²) in [5.74, 6) is 1.52. The number of ether oxygens (including phenoxy) is 6. The van der Waals surface area contributed by atoms with Crippen LogP contribution in [-0.4, -0.2) is 66.1 Å². The standard InChI is InChI=1S/C20H32O6/c1-4-18-17-19(25-15-13-23-11-9-21-5-2)7-8-20(18)26-16-14-24-12-10-22-6-3/h4,7-8,17H,1,5-6,9-16H2,2-3H3. The normalized spacial score (nSPS) is 10.7. The van der Waals surface area contributed by atoms with Crippen molar-refractivity contribution in [2.24, 2.45) is 0 Å². The topological polar surface area (TPSA) is 55.4 Å². The predicted molar refractivity (Wildman–Crippen MR) is 102 cm³/mol. The lowest BCUT2D eigenvalue weighted by molar-refractivity contribution is 0.0400. The monoisotopic (exact) mass is 368 g/mol. The van der Waals surface area contributed by atoms with E-state index >= 15 is 0 Å². The van der Waals surface area contributed by atoms with Crippen LogP contribution in [0.5, 0.6) is 11.5 Å². The smallest absolute Gasteiger partial charge is 0.126 e. The summed E-state index contributed by atoms with van der Waals surface area (Å²) in [5, 5.41) is 0. The lowest BCUT2D eigenvalue weighted by Crippen LogP contribution is -2.11. The van der Waals surface area contributed by atoms with Crippen molar-refractivity contribution in [1.29, 1.82) is 0 Å². The predicted octanol–water partition coefficient (Wildman–Crippen LogP) is 3.19. The van der Waals surface area contributed by atoms with E-state index in [0.29, 0.717) is 66.1 Å². The average molecular weight is 368 g/mol. The Morgan fingerprint density at radius 2 is 1.27 bits per heavy atom. The highest BCUT2D eigenvalue weighted by Crippen LogP contribution is 2.25. The van der Waals surface area contributed by atoms with Crippen LogP contribution < -0.4 is 9.47 Å². The van der Waals surface area contributed by atoms with Crippen LogP contribution in [0.1, 0.15) is 19.4 Å². The van der Waals surface area contributed by atoms with E-state index in [-0.39, 0.29) is 0 Å². The summed E-state index contributed by atoms with van der Waals surface area (Å²) in [4.78, 5) is 0. The molecule has 148 valence electrons. The Hall–Kier alpha value is -1.60. The van der Waals surface area contributed by atoms with Gasteiger partial charge in [0.1, 0.15) is 24.7 Å². The molecule has 1 aromatic carbocycles. The molecule has 0 N–H and O–H groups in total. The van der Waals surface area contributed by atoms with Crippen LogP contribution >= 0.6 is 0 Å². The molecule has 0 bridgehead atoms. The second-order valence-corrected chi connectivity index (χ2v) is 5.22. The van der Waals surface area contributed by atoms with Crippen LogP contribution in [0, 0.1) is 0 Å². The van der Waals surface area contributed by atoms with Crippen LogP contribution in [-0.2, 0) is 18.9 Å². The third-order valence-electron chi connectivity index (χ3n) is 3.34. The van der Waals surface area contributed by atoms with Crippen LogP contribution in [0.2, 0.25) is 0 Å². The molecule has 0 spiro atoms. The van der Waals surface area contributed by atoms with Gasteiger partial charge in [-0.2, -0.15) is 0 Å². The largest absolute Gasteiger partial charge is 0.491 e. The van der Waals surface area contributed by atoms with Crippen molar-refractivity contribution in [2.45, 2.75) is 13.8 Å². The van der Waals surface area contributed by atoms with Gasteiger partial charge >= 0.3 is 0 Å². The second kappa shape index (κ2) is 15.6. The van der Waals surface area contributed by atoms with Crippen molar-refractivity contribution in [3.63, 3.8) is 0 Å². The van der Waals surface area contributed by atoms with Gasteiger partial charge in [-0.25, -0.2) is 0 Å². The molecule has 6 heteroatoms. The molecular formula is C20H32O6. The molecule has 1 aromatic rings. The summed E-state index contributed by atoms with van der Waals surface area (Å²) in [7, 11) is 0. The van der Waals surface area contributed by atoms with Gasteiger partial charge in [-0.3, -0.25) is 0 Å². The van der Waals surface area contributed by atoms with E-state index in [9.17, 15) is 0 Å². The number of hydrogen-bond donors (Lipinski definition) is 0. The minimum Gasteiger partial charge on any atom is -0.491 e. The zero-order valence-electron chi connectivity index (χ0n) is 16.0. The van der Waals surface area contributed by atoms with Crippen LogP contribution in [0.3, 0.4) is 0 Å². The summed E-state index contributed by atoms with van der Waals surface area (Å²) >= 11 is 0. The molecule has 0 atom stereocenters. The van der Waals surface area contributed by atoms with E-state index in [1.54, 1.807) is 6.08 Å². The van der Waals surface area contributed by atoms with Gasteiger partial charge < -0.3 is 28.4 Å². The van der Waals surface area contributed by atoms with Gasteiger partial charge in [0.15, 0.2) is 0 Å². The SMILES string of the molecule is C=Cc1cc(OCCOCCOCC)ccc1OCCOCCOCC. The molecule has 0 unspecified atom stereocenters. The minimum atomic E-state index is 0.473. The lowest BCUT2D eigenvalue weighted by Gasteiger charge is -2.12. The molecule has 0 aliphatic heterocycles. The summed E-state index contributed by atoms with van der Waals surface area (Å²) < 4.78 is 32.7. The number of hydrogen-bond acceptors (Lipinski definition) is 6. The molecular weight excluding hydrogens is 336 g/mol. The molecule has 0 saturated carbocycles. The molecule has 6 nitrogen and oxygen atoms in total. The summed E-state index contributed by atoms with van der Waals surface area (Å²) in [6, 6.07) is 5.65. The van der Waals surface area contributed by atoms with Crippen LogP contribution in [0.4, 0.5) is 0 Å². The first kappa shape index (κ1) is 22.4. The van der Waals surface area contributed by atoms with Crippen molar-refractivity contribution in [3.8, 4) is 11.5 Å². The van der Waals surface area contributed by atoms with Gasteiger partial charge in [0, 0.05) is 18.8 Å². The number of rotatable bonds is 17. The van der Waals surface area contributed by atoms with Gasteiger partial charge in [-0.1, -0.05) is 12.7 Å². The second-order valence-electron chi connectivity index (χ2n) is 5.22. The van der Waals surface area contributed by atoms with E-state index in [2.05, 4.69) is 6.58 Å². The third kappa shape index (κ3) is 10.4. The maximum Gasteiger partial charge on any atom is 0.126 e. The first-order valence-corrected chi connectivity index (χ1v) is 9.14. The van der Waals surface area contributed by atoms with Crippen LogP contribution in [0.15, 0.2) is 24.8 Å². The highest BCUT2D eigenvalue weighted by molar-refractivity contribution is 5.58. The van der Waals surface area contributed by atoms with Crippen molar-refractivity contribution < 1.29 is 28.4 Å². The Labute approximate surface area is 157 Å². The maximum absolute atomic E-state index is 5.74. The van der Waals surface area contributed by atoms with Crippen LogP contribution in [0.25, 0.3) is 6.08 Å². The Morgan fingerprint density at radius 3 is 1.85 bits per heavy atom. The average Bonchev–Trinajstić information content (AvgIpc) is 2.67. The van der Waals surface area contributed by atoms with E-state index in [1.165, 1.54) is 0 Å². The molecule has 0 heterocycles. The molecule has 26 heavy (non-hydrogen) atoms. The van der Waals surface area contributed by atoms with Gasteiger partial charge in [0.25, 0.3) is 0 Å². The minimum absolute atomic E-state index is 0.473. The van der Waals surface area contributed by atoms with Crippen molar-refractivity contribution >= 4 is 6.08 Å². The molecule has 0 saturated heterocycles. The Kier molecular flexibility index (Phi) is 13.5. The van der Waals surface area contributed by atoms with Gasteiger partial charge in [0.05, 0.1) is 39.6 Å². The molecule has 0 aliphatic rings. The Morgan fingerprint density at radius 1 is 0.731 bits per heavy atom. The Balaban J connectivity index is 2.25. The molecule has 0 aliphatic carbocycles. The van der Waals surface area contributed by atoms with Gasteiger partial charge in [-0.15, -0.1) is 0 Å². The fraction of sp³-hybridized carbons (Fsp3) is 0.600. The highest BCUT2D eigenvalue weighted by Gasteiger charge is 2.04. The van der Waals surface area contributed by atoms with Crippen molar-refractivity contribution in [2.75, 3.05) is 66.1 Å². The lowest BCUT2D eigenvalue weighted by atomic mass is 10.2. The van der Waals surface area contributed by atoms with Crippen molar-refractivity contribution in [1.82, 2.24) is 0 Å². The Bertz CT molecular complexity index is 477. The first-order chi connectivity index (χ1) is 12.8. The van der Waals surface area contributed by atoms with E-state index in [0.717, 1.165) is 17.1 Å². The molecule has 1 rings (SSSR count). The number of benzene rings is 1. The first-order valence-electron chi connectivity index (χ1n) is 9.14. The summed E-state index contributed by atoms with van der Waals surface area (Å²) in [6.45, 7) is 13.5. The summed E-state index contributed by atoms with van der Waals surface area (Å²) in [5.41, 5.74) is 0.883. The third-order valence-corrected chi connectivity index (χ3v) is 3.34. The zero-order chi connectivity index (χ0) is 18.9. The van der Waals surface area contributed by atoms with Gasteiger partial charge in [0.2, 0.25) is 0 Å². The van der Waals surface area contributed by atoms with Crippen molar-refractivity contribution in [3.05, 3.63) is 30.3 Å². The van der Waals surface area contributed by atoms with E-state index in [4.69, 9.17) is 28.4 Å². The maximum atomic E-state index is 5.74.